The summed E-state index contributed by atoms with van der Waals surface area (Å²) in [6.07, 6.45) is 1.67. The van der Waals surface area contributed by atoms with Crippen molar-refractivity contribution >= 4 is 11.6 Å². The predicted molar refractivity (Wildman–Crippen MR) is 80.4 cm³/mol. The van der Waals surface area contributed by atoms with Crippen molar-refractivity contribution < 1.29 is 4.79 Å². The molecule has 0 aliphatic heterocycles. The van der Waals surface area contributed by atoms with Crippen LogP contribution in [-0.2, 0) is 24.4 Å². The second-order valence-electron chi connectivity index (χ2n) is 5.10. The lowest BCUT2D eigenvalue weighted by Crippen LogP contribution is -2.19. The summed E-state index contributed by atoms with van der Waals surface area (Å²) in [5, 5.41) is 10.5. The van der Waals surface area contributed by atoms with Gasteiger partial charge in [0.25, 0.3) is 0 Å². The van der Waals surface area contributed by atoms with E-state index in [1.54, 1.807) is 6.20 Å². The molecule has 0 unspecified atom stereocenters. The highest BCUT2D eigenvalue weighted by atomic mass is 16.2. The second-order valence-corrected chi connectivity index (χ2v) is 5.10. The van der Waals surface area contributed by atoms with E-state index in [0.717, 1.165) is 17.8 Å². The zero-order chi connectivity index (χ0) is 15.2. The van der Waals surface area contributed by atoms with Crippen molar-refractivity contribution in [3.63, 3.8) is 0 Å². The van der Waals surface area contributed by atoms with E-state index >= 15 is 0 Å². The molecule has 1 aromatic carbocycles. The first-order chi connectivity index (χ1) is 10.1. The van der Waals surface area contributed by atoms with Gasteiger partial charge in [0.15, 0.2) is 0 Å². The molecule has 0 bridgehead atoms. The van der Waals surface area contributed by atoms with Crippen LogP contribution in [0.5, 0.6) is 0 Å². The number of aromatic nitrogens is 3. The average molecular weight is 288 g/mol. The van der Waals surface area contributed by atoms with Crippen LogP contribution in [0.3, 0.4) is 0 Å². The zero-order valence-corrected chi connectivity index (χ0v) is 12.3. The molecule has 0 fully saturated rings. The number of carbonyl (C=O) groups excluding carboxylic acids is 1. The fraction of sp³-hybridized carbons (Fsp3) is 0.357. The molecular weight excluding hydrogens is 268 g/mol. The lowest BCUT2D eigenvalue weighted by Gasteiger charge is -2.11. The number of rotatable bonds is 6. The molecule has 0 atom stereocenters. The molecular formula is C14H20N6O. The van der Waals surface area contributed by atoms with Crippen LogP contribution in [-0.4, -0.2) is 39.9 Å². The van der Waals surface area contributed by atoms with E-state index in [0.29, 0.717) is 12.2 Å². The number of benzene rings is 1. The highest BCUT2D eigenvalue weighted by Crippen LogP contribution is 2.12. The molecule has 0 saturated carbocycles. The summed E-state index contributed by atoms with van der Waals surface area (Å²) in [7, 11) is 4.01. The molecule has 2 aromatic rings. The molecule has 1 heterocycles. The summed E-state index contributed by atoms with van der Waals surface area (Å²) >= 11 is 0. The molecule has 112 valence electrons. The van der Waals surface area contributed by atoms with Crippen molar-refractivity contribution in [3.8, 4) is 0 Å². The molecule has 3 N–H and O–H groups in total. The molecule has 0 aliphatic rings. The van der Waals surface area contributed by atoms with Gasteiger partial charge in [-0.15, -0.1) is 5.10 Å². The van der Waals surface area contributed by atoms with Crippen molar-refractivity contribution in [3.05, 3.63) is 41.7 Å². The lowest BCUT2D eigenvalue weighted by molar-refractivity contribution is -0.116. The molecule has 7 heteroatoms. The van der Waals surface area contributed by atoms with Gasteiger partial charge in [-0.05, 0) is 31.8 Å². The van der Waals surface area contributed by atoms with Gasteiger partial charge < -0.3 is 16.0 Å². The van der Waals surface area contributed by atoms with Crippen molar-refractivity contribution in [1.82, 2.24) is 19.9 Å². The molecule has 0 radical (unpaired) electrons. The number of nitrogens with one attached hydrogen (secondary N) is 1. The Morgan fingerprint density at radius 3 is 2.90 bits per heavy atom. The van der Waals surface area contributed by atoms with Gasteiger partial charge in [0.2, 0.25) is 5.91 Å². The Balaban J connectivity index is 1.95. The number of carbonyl (C=O) groups is 1. The maximum atomic E-state index is 12.0. The Morgan fingerprint density at radius 2 is 2.24 bits per heavy atom. The van der Waals surface area contributed by atoms with Crippen LogP contribution in [0.15, 0.2) is 30.5 Å². The fourth-order valence-corrected chi connectivity index (χ4v) is 1.97. The quantitative estimate of drug-likeness (QED) is 0.805. The molecule has 0 aliphatic carbocycles. The summed E-state index contributed by atoms with van der Waals surface area (Å²) in [6, 6.07) is 7.78. The van der Waals surface area contributed by atoms with Crippen molar-refractivity contribution in [2.45, 2.75) is 19.6 Å². The van der Waals surface area contributed by atoms with E-state index in [1.807, 2.05) is 38.4 Å². The number of anilines is 1. The summed E-state index contributed by atoms with van der Waals surface area (Å²) in [5.41, 5.74) is 8.04. The Labute approximate surface area is 123 Å². The smallest absolute Gasteiger partial charge is 0.246 e. The molecule has 0 spiro atoms. The first-order valence-electron chi connectivity index (χ1n) is 6.69. The van der Waals surface area contributed by atoms with E-state index < -0.39 is 0 Å². The standard InChI is InChI=1S/C14H20N6O/c1-19(2)8-11-4-3-5-12(6-11)16-14(21)10-20-9-13(7-15)17-18-20/h3-6,9H,7-8,10,15H2,1-2H3,(H,16,21). The third-order valence-corrected chi connectivity index (χ3v) is 2.81. The SMILES string of the molecule is CN(C)Cc1cccc(NC(=O)Cn2cc(CN)nn2)c1. The predicted octanol–water partition coefficient (Wildman–Crippen LogP) is 0.437. The molecule has 1 aromatic heterocycles. The third kappa shape index (κ3) is 4.66. The summed E-state index contributed by atoms with van der Waals surface area (Å²) in [5.74, 6) is -0.148. The van der Waals surface area contributed by atoms with E-state index in [9.17, 15) is 4.79 Å². The minimum absolute atomic E-state index is 0.116. The van der Waals surface area contributed by atoms with E-state index in [4.69, 9.17) is 5.73 Å². The minimum atomic E-state index is -0.148. The first kappa shape index (κ1) is 15.1. The Kier molecular flexibility index (Phi) is 5.02. The van der Waals surface area contributed by atoms with Crippen molar-refractivity contribution in [2.24, 2.45) is 5.73 Å². The van der Waals surface area contributed by atoms with Gasteiger partial charge in [-0.3, -0.25) is 4.79 Å². The molecule has 0 saturated heterocycles. The van der Waals surface area contributed by atoms with Crippen LogP contribution in [0, 0.1) is 0 Å². The van der Waals surface area contributed by atoms with Gasteiger partial charge >= 0.3 is 0 Å². The Hall–Kier alpha value is -2.25. The van der Waals surface area contributed by atoms with Gasteiger partial charge in [-0.1, -0.05) is 17.3 Å². The Bertz CT molecular complexity index is 607. The van der Waals surface area contributed by atoms with Crippen LogP contribution >= 0.6 is 0 Å². The first-order valence-corrected chi connectivity index (χ1v) is 6.69. The van der Waals surface area contributed by atoms with Crippen molar-refractivity contribution in [1.29, 1.82) is 0 Å². The van der Waals surface area contributed by atoms with Gasteiger partial charge in [0, 0.05) is 18.8 Å². The van der Waals surface area contributed by atoms with Crippen LogP contribution < -0.4 is 11.1 Å². The summed E-state index contributed by atoms with van der Waals surface area (Å²) in [4.78, 5) is 14.0. The highest BCUT2D eigenvalue weighted by molar-refractivity contribution is 5.90. The van der Waals surface area contributed by atoms with Crippen molar-refractivity contribution in [2.75, 3.05) is 19.4 Å². The maximum absolute atomic E-state index is 12.0. The monoisotopic (exact) mass is 288 g/mol. The largest absolute Gasteiger partial charge is 0.325 e. The highest BCUT2D eigenvalue weighted by Gasteiger charge is 2.06. The van der Waals surface area contributed by atoms with Gasteiger partial charge in [0.05, 0.1) is 11.9 Å². The van der Waals surface area contributed by atoms with Gasteiger partial charge in [-0.2, -0.15) is 0 Å². The molecule has 21 heavy (non-hydrogen) atoms. The van der Waals surface area contributed by atoms with Crippen LogP contribution in [0.25, 0.3) is 0 Å². The second kappa shape index (κ2) is 6.96. The zero-order valence-electron chi connectivity index (χ0n) is 12.3. The van der Waals surface area contributed by atoms with E-state index in [-0.39, 0.29) is 12.5 Å². The molecule has 1 amide bonds. The normalized spacial score (nSPS) is 10.9. The number of hydrogen-bond acceptors (Lipinski definition) is 5. The number of nitrogens with zero attached hydrogens (tertiary/aromatic N) is 4. The summed E-state index contributed by atoms with van der Waals surface area (Å²) < 4.78 is 1.47. The number of amides is 1. The maximum Gasteiger partial charge on any atom is 0.246 e. The van der Waals surface area contributed by atoms with Crippen LogP contribution in [0.4, 0.5) is 5.69 Å². The molecule has 2 rings (SSSR count). The minimum Gasteiger partial charge on any atom is -0.325 e. The van der Waals surface area contributed by atoms with Gasteiger partial charge in [0.1, 0.15) is 6.54 Å². The van der Waals surface area contributed by atoms with Crippen LogP contribution in [0.2, 0.25) is 0 Å². The average Bonchev–Trinajstić information content (AvgIpc) is 2.85. The number of nitrogens with two attached hydrogens (primary N) is 1. The fourth-order valence-electron chi connectivity index (χ4n) is 1.97. The lowest BCUT2D eigenvalue weighted by atomic mass is 10.2. The van der Waals surface area contributed by atoms with E-state index in [1.165, 1.54) is 4.68 Å². The Morgan fingerprint density at radius 1 is 1.43 bits per heavy atom. The van der Waals surface area contributed by atoms with E-state index in [2.05, 4.69) is 20.5 Å². The number of hydrogen-bond donors (Lipinski definition) is 2. The topological polar surface area (TPSA) is 89.1 Å². The van der Waals surface area contributed by atoms with Crippen LogP contribution in [0.1, 0.15) is 11.3 Å². The third-order valence-electron chi connectivity index (χ3n) is 2.81. The molecule has 7 nitrogen and oxygen atoms in total. The van der Waals surface area contributed by atoms with Gasteiger partial charge in [-0.25, -0.2) is 4.68 Å². The summed E-state index contributed by atoms with van der Waals surface area (Å²) in [6.45, 7) is 1.26.